The summed E-state index contributed by atoms with van der Waals surface area (Å²) in [7, 11) is 0. The molecule has 1 nitrogen and oxygen atoms in total. The zero-order chi connectivity index (χ0) is 8.74. The average molecular weight is 262 g/mol. The molecular weight excluding hydrogens is 241 g/mol. The van der Waals surface area contributed by atoms with Gasteiger partial charge in [-0.05, 0) is 0 Å². The zero-order valence-electron chi connectivity index (χ0n) is 8.35. The summed E-state index contributed by atoms with van der Waals surface area (Å²) in [5.74, 6) is 0. The molecule has 0 spiro atoms. The number of rotatable bonds is 5. The van der Waals surface area contributed by atoms with Crippen LogP contribution < -0.4 is 0 Å². The van der Waals surface area contributed by atoms with Crippen molar-refractivity contribution in [1.82, 2.24) is 0 Å². The summed E-state index contributed by atoms with van der Waals surface area (Å²) in [5.41, 5.74) is 0. The molecule has 0 atom stereocenters. The van der Waals surface area contributed by atoms with E-state index < -0.39 is 18.7 Å². The van der Waals surface area contributed by atoms with Crippen LogP contribution in [0.1, 0.15) is 32.6 Å². The quantitative estimate of drug-likeness (QED) is 0.408. The molecule has 11 heavy (non-hydrogen) atoms. The Hall–Kier alpha value is 0.469. The molecule has 0 saturated heterocycles. The van der Waals surface area contributed by atoms with Crippen LogP contribution in [0.2, 0.25) is 14.8 Å². The molecule has 0 aromatic heterocycles. The van der Waals surface area contributed by atoms with E-state index in [0.717, 1.165) is 0 Å². The molecule has 66 valence electrons. The van der Waals surface area contributed by atoms with E-state index in [9.17, 15) is 0 Å². The molecule has 0 aliphatic heterocycles. The number of hydrogen-bond acceptors (Lipinski definition) is 1. The summed E-state index contributed by atoms with van der Waals surface area (Å²) in [6, 6.07) is 0. The first kappa shape index (κ1) is 11.5. The topological polar surface area (TPSA) is 12.4 Å². The Morgan fingerprint density at radius 2 is 1.82 bits per heavy atom. The van der Waals surface area contributed by atoms with E-state index in [1.165, 1.54) is 25.7 Å². The molecule has 0 amide bonds. The zero-order valence-corrected chi connectivity index (χ0v) is 11.2. The maximum atomic E-state index is 4.61. The second-order valence-corrected chi connectivity index (χ2v) is 17.1. The summed E-state index contributed by atoms with van der Waals surface area (Å²) in [6.07, 6.45) is 7.34. The Morgan fingerprint density at radius 1 is 1.18 bits per heavy atom. The van der Waals surface area contributed by atoms with E-state index in [4.69, 9.17) is 0 Å². The average Bonchev–Trinajstić information content (AvgIpc) is 1.85. The van der Waals surface area contributed by atoms with Crippen molar-refractivity contribution >= 4 is 24.9 Å². The fraction of sp³-hybridized carbons (Fsp3) is 0.889. The number of hydrogen-bond donors (Lipinski definition) is 0. The van der Waals surface area contributed by atoms with E-state index in [1.807, 2.05) is 0 Å². The third kappa shape index (κ3) is 10.5. The molecule has 0 saturated carbocycles. The monoisotopic (exact) mass is 263 g/mol. The van der Waals surface area contributed by atoms with Gasteiger partial charge in [-0.1, -0.05) is 0 Å². The molecule has 0 aromatic rings. The Bertz CT molecular complexity index is 113. The summed E-state index contributed by atoms with van der Waals surface area (Å²) >= 11 is -1.80. The van der Waals surface area contributed by atoms with Crippen LogP contribution in [-0.2, 0) is 0 Å². The molecule has 0 radical (unpaired) electrons. The molecule has 0 bridgehead atoms. The summed E-state index contributed by atoms with van der Waals surface area (Å²) in [4.78, 5) is 7.01. The van der Waals surface area contributed by atoms with Crippen molar-refractivity contribution in [3.05, 3.63) is 0 Å². The SMILES string of the molecule is CCCCC/C=[N]/[Sn]([CH3])([CH3])[CH3]. The first-order chi connectivity index (χ1) is 5.06. The molecule has 0 rings (SSSR count). The van der Waals surface area contributed by atoms with Gasteiger partial charge in [0.05, 0.1) is 0 Å². The van der Waals surface area contributed by atoms with Gasteiger partial charge in [0, 0.05) is 0 Å². The van der Waals surface area contributed by atoms with E-state index >= 15 is 0 Å². The minimum atomic E-state index is -1.80. The first-order valence-electron chi connectivity index (χ1n) is 4.60. The molecule has 0 heterocycles. The third-order valence-electron chi connectivity index (χ3n) is 1.42. The van der Waals surface area contributed by atoms with Crippen molar-refractivity contribution in [1.29, 1.82) is 0 Å². The summed E-state index contributed by atoms with van der Waals surface area (Å²) in [5, 5.41) is 0. The second-order valence-electron chi connectivity index (χ2n) is 3.98. The van der Waals surface area contributed by atoms with Gasteiger partial charge in [-0.3, -0.25) is 0 Å². The van der Waals surface area contributed by atoms with Crippen molar-refractivity contribution in [2.24, 2.45) is 3.21 Å². The molecule has 0 aliphatic carbocycles. The molecule has 2 heteroatoms. The molecule has 0 aromatic carbocycles. The van der Waals surface area contributed by atoms with Crippen LogP contribution in [0, 0.1) is 0 Å². The van der Waals surface area contributed by atoms with Gasteiger partial charge in [0.15, 0.2) is 0 Å². The van der Waals surface area contributed by atoms with Crippen LogP contribution in [0.3, 0.4) is 0 Å². The van der Waals surface area contributed by atoms with E-state index in [0.29, 0.717) is 0 Å². The van der Waals surface area contributed by atoms with Crippen LogP contribution in [0.4, 0.5) is 0 Å². The Morgan fingerprint density at radius 3 is 2.27 bits per heavy atom. The summed E-state index contributed by atoms with van der Waals surface area (Å²) < 4.78 is 4.61. The van der Waals surface area contributed by atoms with Crippen molar-refractivity contribution in [3.63, 3.8) is 0 Å². The second kappa shape index (κ2) is 6.04. The van der Waals surface area contributed by atoms with Gasteiger partial charge < -0.3 is 0 Å². The Balaban J connectivity index is 3.30. The standard InChI is InChI=1S/C6H12N.3CH3.Sn/c1-2-3-4-5-6-7;;;;/h6H,2-5H2,1H3;3*1H3;/q-1;;;;+1. The van der Waals surface area contributed by atoms with Crippen molar-refractivity contribution in [2.45, 2.75) is 47.4 Å². The molecule has 0 N–H and O–H groups in total. The number of nitrogens with zero attached hydrogens (tertiary/aromatic N) is 1. The van der Waals surface area contributed by atoms with Crippen molar-refractivity contribution in [3.8, 4) is 0 Å². The van der Waals surface area contributed by atoms with Gasteiger partial charge in [0.1, 0.15) is 0 Å². The van der Waals surface area contributed by atoms with Crippen LogP contribution >= 0.6 is 0 Å². The van der Waals surface area contributed by atoms with E-state index in [2.05, 4.69) is 31.2 Å². The normalized spacial score (nSPS) is 12.7. The third-order valence-corrected chi connectivity index (χ3v) is 4.15. The van der Waals surface area contributed by atoms with Gasteiger partial charge in [0.25, 0.3) is 0 Å². The molecular formula is C9H21NSn. The van der Waals surface area contributed by atoms with Gasteiger partial charge >= 0.3 is 75.5 Å². The molecule has 0 aliphatic rings. The first-order valence-corrected chi connectivity index (χ1v) is 14.4. The van der Waals surface area contributed by atoms with Crippen molar-refractivity contribution < 1.29 is 0 Å². The van der Waals surface area contributed by atoms with E-state index in [-0.39, 0.29) is 0 Å². The van der Waals surface area contributed by atoms with Gasteiger partial charge in [0.2, 0.25) is 0 Å². The predicted octanol–water partition coefficient (Wildman–Crippen LogP) is 3.47. The van der Waals surface area contributed by atoms with Crippen LogP contribution in [0.15, 0.2) is 3.21 Å². The Kier molecular flexibility index (Phi) is 6.29. The van der Waals surface area contributed by atoms with Gasteiger partial charge in [-0.2, -0.15) is 0 Å². The van der Waals surface area contributed by atoms with Gasteiger partial charge in [-0.25, -0.2) is 0 Å². The maximum absolute atomic E-state index is 4.61. The van der Waals surface area contributed by atoms with Crippen LogP contribution in [0.5, 0.6) is 0 Å². The predicted molar refractivity (Wildman–Crippen MR) is 56.0 cm³/mol. The fourth-order valence-corrected chi connectivity index (χ4v) is 2.76. The van der Waals surface area contributed by atoms with E-state index in [1.54, 1.807) is 0 Å². The number of unbranched alkanes of at least 4 members (excludes halogenated alkanes) is 3. The van der Waals surface area contributed by atoms with Gasteiger partial charge in [-0.15, -0.1) is 0 Å². The Labute approximate surface area is 75.5 Å². The van der Waals surface area contributed by atoms with Crippen molar-refractivity contribution in [2.75, 3.05) is 0 Å². The fourth-order valence-electron chi connectivity index (χ4n) is 0.824. The minimum absolute atomic E-state index is 1.20. The molecule has 0 fully saturated rings. The molecule has 0 unspecified atom stereocenters. The van der Waals surface area contributed by atoms with Crippen LogP contribution in [-0.4, -0.2) is 24.9 Å². The summed E-state index contributed by atoms with van der Waals surface area (Å²) in [6.45, 7) is 2.24. The van der Waals surface area contributed by atoms with Crippen LogP contribution in [0.25, 0.3) is 0 Å².